The average Bonchev–Trinajstić information content (AvgIpc) is 2.19. The summed E-state index contributed by atoms with van der Waals surface area (Å²) in [6.45, 7) is 5.99. The zero-order valence-corrected chi connectivity index (χ0v) is 10.7. The Morgan fingerprint density at radius 2 is 1.88 bits per heavy atom. The van der Waals surface area contributed by atoms with Crippen LogP contribution in [0.2, 0.25) is 0 Å². The van der Waals surface area contributed by atoms with Crippen LogP contribution in [-0.4, -0.2) is 10.2 Å². The molecular weight excluding hydrogens is 249 g/mol. The van der Waals surface area contributed by atoms with Gasteiger partial charge >= 0.3 is 6.18 Å². The highest BCUT2D eigenvalue weighted by Gasteiger charge is 2.33. The molecule has 2 N–H and O–H groups in total. The summed E-state index contributed by atoms with van der Waals surface area (Å²) in [5.74, 6) is 0.363. The van der Waals surface area contributed by atoms with Gasteiger partial charge in [0.1, 0.15) is 5.69 Å². The van der Waals surface area contributed by atoms with Gasteiger partial charge in [0, 0.05) is 10.1 Å². The molecule has 1 aromatic rings. The van der Waals surface area contributed by atoms with E-state index in [0.717, 1.165) is 12.3 Å². The molecule has 0 aliphatic rings. The quantitative estimate of drug-likeness (QED) is 0.843. The zero-order chi connectivity index (χ0) is 13.2. The lowest BCUT2D eigenvalue weighted by molar-refractivity contribution is -0.141. The van der Waals surface area contributed by atoms with Gasteiger partial charge in [0.15, 0.2) is 0 Å². The van der Waals surface area contributed by atoms with Gasteiger partial charge in [0.25, 0.3) is 0 Å². The largest absolute Gasteiger partial charge is 0.433 e. The van der Waals surface area contributed by atoms with E-state index in [1.54, 1.807) is 0 Å². The molecule has 0 saturated heterocycles. The Hall–Kier alpha value is -0.910. The molecule has 0 amide bonds. The van der Waals surface area contributed by atoms with Crippen LogP contribution in [0.5, 0.6) is 0 Å². The topological polar surface area (TPSA) is 38.9 Å². The number of rotatable bonds is 3. The van der Waals surface area contributed by atoms with Crippen molar-refractivity contribution in [1.29, 1.82) is 0 Å². The normalized spacial score (nSPS) is 14.1. The predicted octanol–water partition coefficient (Wildman–Crippen LogP) is 3.82. The molecule has 2 nitrogen and oxygen atoms in total. The van der Waals surface area contributed by atoms with Crippen LogP contribution in [0.1, 0.15) is 26.5 Å². The van der Waals surface area contributed by atoms with E-state index in [-0.39, 0.29) is 10.9 Å². The molecule has 1 unspecified atom stereocenters. The lowest BCUT2D eigenvalue weighted by atomic mass is 10.2. The van der Waals surface area contributed by atoms with E-state index in [1.165, 1.54) is 11.8 Å². The molecule has 17 heavy (non-hydrogen) atoms. The Morgan fingerprint density at radius 1 is 1.29 bits per heavy atom. The summed E-state index contributed by atoms with van der Waals surface area (Å²) in [6.07, 6.45) is -3.36. The third-order valence-corrected chi connectivity index (χ3v) is 3.96. The van der Waals surface area contributed by atoms with Gasteiger partial charge in [-0.15, -0.1) is 11.8 Å². The minimum absolute atomic E-state index is 0.195. The maximum atomic E-state index is 12.5. The van der Waals surface area contributed by atoms with Crippen molar-refractivity contribution in [3.63, 3.8) is 0 Å². The zero-order valence-electron chi connectivity index (χ0n) is 9.88. The molecule has 0 aliphatic heterocycles. The van der Waals surface area contributed by atoms with Crippen molar-refractivity contribution in [2.75, 3.05) is 5.73 Å². The highest BCUT2D eigenvalue weighted by atomic mass is 32.2. The van der Waals surface area contributed by atoms with Crippen molar-refractivity contribution in [2.24, 2.45) is 5.92 Å². The number of halogens is 3. The van der Waals surface area contributed by atoms with Crippen LogP contribution in [0.15, 0.2) is 17.2 Å². The number of thioether (sulfide) groups is 1. The number of hydrogen-bond donors (Lipinski definition) is 1. The average molecular weight is 264 g/mol. The first-order valence-electron chi connectivity index (χ1n) is 5.21. The summed E-state index contributed by atoms with van der Waals surface area (Å²) in [6, 6.07) is 1.01. The van der Waals surface area contributed by atoms with E-state index >= 15 is 0 Å². The van der Waals surface area contributed by atoms with Crippen LogP contribution in [0.3, 0.4) is 0 Å². The van der Waals surface area contributed by atoms with Crippen LogP contribution in [0.4, 0.5) is 18.9 Å². The number of aromatic nitrogens is 1. The fourth-order valence-electron chi connectivity index (χ4n) is 1.04. The SMILES string of the molecule is CC(C)C(C)Sc1cc(C(F)(F)F)ncc1N. The van der Waals surface area contributed by atoms with Crippen LogP contribution < -0.4 is 5.73 Å². The summed E-state index contributed by atoms with van der Waals surface area (Å²) in [7, 11) is 0. The van der Waals surface area contributed by atoms with Crippen molar-refractivity contribution in [2.45, 2.75) is 37.1 Å². The van der Waals surface area contributed by atoms with Crippen molar-refractivity contribution in [3.05, 3.63) is 18.0 Å². The lowest BCUT2D eigenvalue weighted by Gasteiger charge is -2.17. The fourth-order valence-corrected chi connectivity index (χ4v) is 2.08. The molecule has 6 heteroatoms. The van der Waals surface area contributed by atoms with E-state index < -0.39 is 11.9 Å². The molecule has 0 spiro atoms. The number of pyridine rings is 1. The van der Waals surface area contributed by atoms with E-state index in [2.05, 4.69) is 4.98 Å². The summed E-state index contributed by atoms with van der Waals surface area (Å²) in [5, 5.41) is 0.195. The Kier molecular flexibility index (Phi) is 4.30. The Bertz CT molecular complexity index is 391. The van der Waals surface area contributed by atoms with Crippen LogP contribution in [0.25, 0.3) is 0 Å². The lowest BCUT2D eigenvalue weighted by Crippen LogP contribution is -2.10. The minimum atomic E-state index is -4.43. The molecule has 96 valence electrons. The van der Waals surface area contributed by atoms with E-state index in [9.17, 15) is 13.2 Å². The first-order chi connectivity index (χ1) is 7.71. The first-order valence-corrected chi connectivity index (χ1v) is 6.09. The summed E-state index contributed by atoms with van der Waals surface area (Å²) in [5.41, 5.74) is 5.02. The second-order valence-electron chi connectivity index (χ2n) is 4.17. The van der Waals surface area contributed by atoms with Gasteiger partial charge in [-0.05, 0) is 12.0 Å². The van der Waals surface area contributed by atoms with Gasteiger partial charge in [-0.25, -0.2) is 4.98 Å². The van der Waals surface area contributed by atoms with Gasteiger partial charge < -0.3 is 5.73 Å². The third kappa shape index (κ3) is 3.80. The maximum Gasteiger partial charge on any atom is 0.433 e. The van der Waals surface area contributed by atoms with Crippen molar-refractivity contribution >= 4 is 17.4 Å². The molecule has 0 aromatic carbocycles. The molecule has 0 fully saturated rings. The molecule has 0 aliphatic carbocycles. The van der Waals surface area contributed by atoms with Gasteiger partial charge in [-0.2, -0.15) is 13.2 Å². The molecule has 0 bridgehead atoms. The van der Waals surface area contributed by atoms with E-state index in [4.69, 9.17) is 5.73 Å². The number of nitrogens with zero attached hydrogens (tertiary/aromatic N) is 1. The molecule has 1 atom stereocenters. The first kappa shape index (κ1) is 14.2. The van der Waals surface area contributed by atoms with Crippen LogP contribution in [0, 0.1) is 5.92 Å². The molecule has 1 aromatic heterocycles. The third-order valence-electron chi connectivity index (χ3n) is 2.44. The molecule has 0 radical (unpaired) electrons. The smallest absolute Gasteiger partial charge is 0.397 e. The molecule has 1 heterocycles. The number of hydrogen-bond acceptors (Lipinski definition) is 3. The van der Waals surface area contributed by atoms with Gasteiger partial charge in [0.05, 0.1) is 11.9 Å². The summed E-state index contributed by atoms with van der Waals surface area (Å²) in [4.78, 5) is 3.74. The van der Waals surface area contributed by atoms with Crippen molar-refractivity contribution in [3.8, 4) is 0 Å². The Morgan fingerprint density at radius 3 is 2.35 bits per heavy atom. The van der Waals surface area contributed by atoms with Crippen molar-refractivity contribution < 1.29 is 13.2 Å². The van der Waals surface area contributed by atoms with Crippen LogP contribution in [-0.2, 0) is 6.18 Å². The van der Waals surface area contributed by atoms with Gasteiger partial charge in [-0.3, -0.25) is 0 Å². The molecule has 1 rings (SSSR count). The van der Waals surface area contributed by atoms with Crippen molar-refractivity contribution in [1.82, 2.24) is 4.98 Å². The number of anilines is 1. The van der Waals surface area contributed by atoms with E-state index in [0.29, 0.717) is 10.8 Å². The number of nitrogens with two attached hydrogens (primary N) is 1. The minimum Gasteiger partial charge on any atom is -0.397 e. The summed E-state index contributed by atoms with van der Waals surface area (Å²) < 4.78 is 37.4. The van der Waals surface area contributed by atoms with Gasteiger partial charge in [0.2, 0.25) is 0 Å². The predicted molar refractivity (Wildman–Crippen MR) is 63.8 cm³/mol. The standard InChI is InChI=1S/C11H15F3N2S/c1-6(2)7(3)17-9-4-10(11(12,13)14)16-5-8(9)15/h4-7H,15H2,1-3H3. The van der Waals surface area contributed by atoms with Gasteiger partial charge in [-0.1, -0.05) is 20.8 Å². The van der Waals surface area contributed by atoms with Crippen LogP contribution >= 0.6 is 11.8 Å². The fraction of sp³-hybridized carbons (Fsp3) is 0.545. The maximum absolute atomic E-state index is 12.5. The Labute approximate surface area is 103 Å². The summed E-state index contributed by atoms with van der Waals surface area (Å²) >= 11 is 1.34. The number of nitrogen functional groups attached to an aromatic ring is 1. The highest BCUT2D eigenvalue weighted by Crippen LogP contribution is 2.35. The second-order valence-corrected chi connectivity index (χ2v) is 5.59. The monoisotopic (exact) mass is 264 g/mol. The molecular formula is C11H15F3N2S. The Balaban J connectivity index is 2.99. The van der Waals surface area contributed by atoms with E-state index in [1.807, 2.05) is 20.8 Å². The highest BCUT2D eigenvalue weighted by molar-refractivity contribution is 8.00. The second kappa shape index (κ2) is 5.16. The number of alkyl halides is 3. The molecule has 0 saturated carbocycles.